The van der Waals surface area contributed by atoms with Crippen molar-refractivity contribution in [3.05, 3.63) is 93.5 Å². The number of carbonyl (C=O) groups excluding carboxylic acids is 4. The number of hydrogen-bond donors (Lipinski definition) is 5. The highest BCUT2D eigenvalue weighted by atomic mass is 35.5. The van der Waals surface area contributed by atoms with Crippen LogP contribution >= 0.6 is 23.2 Å². The van der Waals surface area contributed by atoms with Gasteiger partial charge < -0.3 is 31.3 Å². The van der Waals surface area contributed by atoms with E-state index in [9.17, 15) is 29.1 Å². The summed E-state index contributed by atoms with van der Waals surface area (Å²) in [5.41, 5.74) is 2.97. The van der Waals surface area contributed by atoms with E-state index >= 15 is 0 Å². The zero-order valence-electron chi connectivity index (χ0n) is 23.7. The van der Waals surface area contributed by atoms with Crippen molar-refractivity contribution >= 4 is 64.3 Å². The van der Waals surface area contributed by atoms with E-state index < -0.39 is 36.2 Å². The third-order valence-corrected chi connectivity index (χ3v) is 7.79. The van der Waals surface area contributed by atoms with E-state index in [1.54, 1.807) is 30.3 Å². The lowest BCUT2D eigenvalue weighted by Gasteiger charge is -2.20. The van der Waals surface area contributed by atoms with Gasteiger partial charge in [-0.05, 0) is 54.8 Å². The molecule has 0 aliphatic carbocycles. The molecule has 0 radical (unpaired) electrons. The number of benzene rings is 3. The van der Waals surface area contributed by atoms with Gasteiger partial charge >= 0.3 is 12.0 Å². The van der Waals surface area contributed by atoms with E-state index in [2.05, 4.69) is 21.3 Å². The molecule has 13 heteroatoms. The van der Waals surface area contributed by atoms with Crippen molar-refractivity contribution in [2.24, 2.45) is 5.92 Å². The minimum absolute atomic E-state index is 0.0489. The molecule has 230 valence electrons. The number of nitrogens with one attached hydrogen (secondary N) is 4. The van der Waals surface area contributed by atoms with Crippen molar-refractivity contribution in [1.82, 2.24) is 15.5 Å². The number of para-hydroxylation sites is 1. The summed E-state index contributed by atoms with van der Waals surface area (Å²) in [5, 5.41) is 20.4. The Labute approximate surface area is 263 Å². The second-order valence-electron chi connectivity index (χ2n) is 10.3. The monoisotopic (exact) mass is 639 g/mol. The topological polar surface area (TPSA) is 157 Å². The number of carboxylic acid groups (broad SMARTS) is 1. The molecule has 1 saturated heterocycles. The highest BCUT2D eigenvalue weighted by molar-refractivity contribution is 6.39. The maximum Gasteiger partial charge on any atom is 0.326 e. The molecule has 1 fully saturated rings. The van der Waals surface area contributed by atoms with Crippen LogP contribution in [-0.2, 0) is 20.9 Å². The summed E-state index contributed by atoms with van der Waals surface area (Å²) in [6, 6.07) is 17.0. The standard InChI is InChI=1S/C31H31Cl2N5O6/c1-18-5-2-3-8-24(18)37-31(44)35-21-11-9-19(10-12-21)16-34-28(40)20-13-14-38(17-20)26(39)15-25(30(42)43)36-29(41)27-22(32)6-4-7-23(27)33/h2-12,20,25H,13-17H2,1H3,(H,34,40)(H,36,41)(H,42,43)(H2,35,37,44)/t20-,25-/m0/s1. The van der Waals surface area contributed by atoms with Crippen LogP contribution in [-0.4, -0.2) is 58.9 Å². The number of carbonyl (C=O) groups is 5. The van der Waals surface area contributed by atoms with Crippen LogP contribution in [0, 0.1) is 12.8 Å². The number of rotatable bonds is 10. The molecule has 11 nitrogen and oxygen atoms in total. The lowest BCUT2D eigenvalue weighted by atomic mass is 10.1. The number of halogens is 2. The van der Waals surface area contributed by atoms with E-state index in [0.29, 0.717) is 17.8 Å². The fourth-order valence-corrected chi connectivity index (χ4v) is 5.26. The normalized spacial score (nSPS) is 14.8. The van der Waals surface area contributed by atoms with Gasteiger partial charge in [-0.15, -0.1) is 0 Å². The van der Waals surface area contributed by atoms with Crippen molar-refractivity contribution in [2.75, 3.05) is 23.7 Å². The fourth-order valence-electron chi connectivity index (χ4n) is 4.69. The predicted molar refractivity (Wildman–Crippen MR) is 167 cm³/mol. The molecule has 1 heterocycles. The van der Waals surface area contributed by atoms with Crippen molar-refractivity contribution in [3.63, 3.8) is 0 Å². The Hall–Kier alpha value is -4.61. The molecule has 3 aromatic carbocycles. The summed E-state index contributed by atoms with van der Waals surface area (Å²) >= 11 is 12.1. The van der Waals surface area contributed by atoms with Gasteiger partial charge in [-0.3, -0.25) is 14.4 Å². The number of anilines is 2. The molecule has 0 aromatic heterocycles. The first-order chi connectivity index (χ1) is 21.0. The first-order valence-electron chi connectivity index (χ1n) is 13.8. The number of aliphatic carboxylic acids is 1. The molecule has 3 aromatic rings. The van der Waals surface area contributed by atoms with Crippen LogP contribution in [0.4, 0.5) is 16.2 Å². The van der Waals surface area contributed by atoms with Gasteiger partial charge in [0.05, 0.1) is 27.9 Å². The van der Waals surface area contributed by atoms with Gasteiger partial charge in [0.25, 0.3) is 5.91 Å². The van der Waals surface area contributed by atoms with Crippen LogP contribution in [0.5, 0.6) is 0 Å². The van der Waals surface area contributed by atoms with Crippen LogP contribution in [0.15, 0.2) is 66.7 Å². The predicted octanol–water partition coefficient (Wildman–Crippen LogP) is 4.68. The summed E-state index contributed by atoms with van der Waals surface area (Å²) in [6.07, 6.45) is -0.0867. The van der Waals surface area contributed by atoms with E-state index in [4.69, 9.17) is 23.2 Å². The van der Waals surface area contributed by atoms with Crippen molar-refractivity contribution in [2.45, 2.75) is 32.4 Å². The lowest BCUT2D eigenvalue weighted by molar-refractivity contribution is -0.143. The Morgan fingerprint density at radius 1 is 0.932 bits per heavy atom. The molecule has 5 N–H and O–H groups in total. The van der Waals surface area contributed by atoms with E-state index in [0.717, 1.165) is 11.1 Å². The van der Waals surface area contributed by atoms with Gasteiger partial charge in [-0.25, -0.2) is 9.59 Å². The Kier molecular flexibility index (Phi) is 10.8. The molecule has 5 amide bonds. The van der Waals surface area contributed by atoms with Crippen LogP contribution in [0.1, 0.15) is 34.3 Å². The zero-order chi connectivity index (χ0) is 31.8. The molecule has 0 unspecified atom stereocenters. The molecule has 0 saturated carbocycles. The maximum atomic E-state index is 12.9. The summed E-state index contributed by atoms with van der Waals surface area (Å²) in [7, 11) is 0. The number of likely N-dealkylation sites (tertiary alicyclic amines) is 1. The second-order valence-corrected chi connectivity index (χ2v) is 11.1. The van der Waals surface area contributed by atoms with Crippen LogP contribution < -0.4 is 21.3 Å². The molecule has 0 bridgehead atoms. The summed E-state index contributed by atoms with van der Waals surface area (Å²) in [6.45, 7) is 2.55. The Bertz CT molecular complexity index is 1550. The first kappa shape index (κ1) is 32.3. The van der Waals surface area contributed by atoms with Crippen molar-refractivity contribution < 1.29 is 29.1 Å². The van der Waals surface area contributed by atoms with Gasteiger partial charge in [0.2, 0.25) is 11.8 Å². The summed E-state index contributed by atoms with van der Waals surface area (Å²) in [4.78, 5) is 63.8. The fraction of sp³-hybridized carbons (Fsp3) is 0.258. The molecule has 4 rings (SSSR count). The average molecular weight is 641 g/mol. The zero-order valence-corrected chi connectivity index (χ0v) is 25.2. The van der Waals surface area contributed by atoms with Crippen LogP contribution in [0.25, 0.3) is 0 Å². The van der Waals surface area contributed by atoms with Crippen LogP contribution in [0.3, 0.4) is 0 Å². The molecular weight excluding hydrogens is 609 g/mol. The van der Waals surface area contributed by atoms with Gasteiger partial charge in [-0.1, -0.05) is 59.6 Å². The largest absolute Gasteiger partial charge is 0.480 e. The number of carboxylic acids is 1. The summed E-state index contributed by atoms with van der Waals surface area (Å²) < 4.78 is 0. The smallest absolute Gasteiger partial charge is 0.326 e. The van der Waals surface area contributed by atoms with Gasteiger partial charge in [-0.2, -0.15) is 0 Å². The molecule has 44 heavy (non-hydrogen) atoms. The summed E-state index contributed by atoms with van der Waals surface area (Å²) in [5.74, 6) is -3.42. The first-order valence-corrected chi connectivity index (χ1v) is 14.5. The third kappa shape index (κ3) is 8.48. The number of hydrogen-bond acceptors (Lipinski definition) is 5. The van der Waals surface area contributed by atoms with E-state index in [1.807, 2.05) is 31.2 Å². The highest BCUT2D eigenvalue weighted by Crippen LogP contribution is 2.25. The molecule has 1 aliphatic heterocycles. The second kappa shape index (κ2) is 14.7. The molecule has 1 aliphatic rings. The Morgan fingerprint density at radius 2 is 1.61 bits per heavy atom. The van der Waals surface area contributed by atoms with Crippen molar-refractivity contribution in [3.8, 4) is 0 Å². The molecule has 0 spiro atoms. The number of amides is 5. The highest BCUT2D eigenvalue weighted by Gasteiger charge is 2.34. The quantitative estimate of drug-likeness (QED) is 0.217. The minimum atomic E-state index is -1.51. The Morgan fingerprint density at radius 3 is 2.27 bits per heavy atom. The van der Waals surface area contributed by atoms with Gasteiger partial charge in [0.1, 0.15) is 6.04 Å². The van der Waals surface area contributed by atoms with Gasteiger partial charge in [0, 0.05) is 31.0 Å². The Balaban J connectivity index is 1.23. The van der Waals surface area contributed by atoms with Gasteiger partial charge in [0.15, 0.2) is 0 Å². The average Bonchev–Trinajstić information content (AvgIpc) is 3.48. The minimum Gasteiger partial charge on any atom is -0.480 e. The molecule has 2 atom stereocenters. The lowest BCUT2D eigenvalue weighted by Crippen LogP contribution is -2.45. The molecular formula is C31H31Cl2N5O6. The van der Waals surface area contributed by atoms with Crippen LogP contribution in [0.2, 0.25) is 10.0 Å². The third-order valence-electron chi connectivity index (χ3n) is 7.16. The van der Waals surface area contributed by atoms with E-state index in [1.165, 1.54) is 17.0 Å². The SMILES string of the molecule is Cc1ccccc1NC(=O)Nc1ccc(CNC(=O)[C@H]2CCN(C(=O)C[C@H](NC(=O)c3c(Cl)cccc3Cl)C(=O)O)C2)cc1. The number of aryl methyl sites for hydroxylation is 1. The maximum absolute atomic E-state index is 12.9. The van der Waals surface area contributed by atoms with Crippen molar-refractivity contribution in [1.29, 1.82) is 0 Å². The van der Waals surface area contributed by atoms with E-state index in [-0.39, 0.29) is 47.2 Å². The number of nitrogens with zero attached hydrogens (tertiary/aromatic N) is 1. The number of urea groups is 1.